The molecule has 2 aromatic rings. The second-order valence-electron chi connectivity index (χ2n) is 6.32. The summed E-state index contributed by atoms with van der Waals surface area (Å²) in [5, 5.41) is 3.33. The smallest absolute Gasteiger partial charge is 0.254 e. The van der Waals surface area contributed by atoms with Crippen LogP contribution in [0.3, 0.4) is 0 Å². The number of amides is 1. The summed E-state index contributed by atoms with van der Waals surface area (Å²) in [6.07, 6.45) is 6.17. The Morgan fingerprint density at radius 2 is 2.10 bits per heavy atom. The monoisotopic (exact) mass is 284 g/mol. The van der Waals surface area contributed by atoms with E-state index in [0.717, 1.165) is 30.4 Å². The Labute approximate surface area is 123 Å². The lowest BCUT2D eigenvalue weighted by Crippen LogP contribution is -2.61. The first-order valence-corrected chi connectivity index (χ1v) is 7.73. The number of carbonyl (C=O) groups is 1. The maximum Gasteiger partial charge on any atom is 0.254 e. The first kappa shape index (κ1) is 12.8. The van der Waals surface area contributed by atoms with Crippen LogP contribution in [-0.4, -0.2) is 45.9 Å². The Bertz CT molecular complexity index is 668. The molecule has 2 saturated heterocycles. The molecule has 0 saturated carbocycles. The minimum Gasteiger partial charge on any atom is -0.345 e. The molecule has 0 aliphatic carbocycles. The van der Waals surface area contributed by atoms with Crippen molar-refractivity contribution < 1.29 is 4.79 Å². The van der Waals surface area contributed by atoms with Crippen molar-refractivity contribution in [2.75, 3.05) is 19.6 Å². The van der Waals surface area contributed by atoms with E-state index in [4.69, 9.17) is 0 Å². The standard InChI is InChI=1S/C16H20N4O/c21-15(12-4-1-5-13-14(12)18-11-17-13)19-16-6-2-8-20(10-16)9-3-7-16/h1,4-5,11H,2-3,6-10H2,(H,17,18)(H,19,21). The molecule has 2 bridgehead atoms. The summed E-state index contributed by atoms with van der Waals surface area (Å²) in [4.78, 5) is 22.6. The SMILES string of the molecule is O=C(NC12CCCN(CCC1)C2)c1cccc2[nH]cnc12. The largest absolute Gasteiger partial charge is 0.345 e. The summed E-state index contributed by atoms with van der Waals surface area (Å²) in [7, 11) is 0. The van der Waals surface area contributed by atoms with Gasteiger partial charge >= 0.3 is 0 Å². The van der Waals surface area contributed by atoms with Gasteiger partial charge in [-0.25, -0.2) is 4.98 Å². The number of H-pyrrole nitrogens is 1. The summed E-state index contributed by atoms with van der Waals surface area (Å²) in [5.74, 6) is 0.0106. The highest BCUT2D eigenvalue weighted by Gasteiger charge is 2.39. The Kier molecular flexibility index (Phi) is 2.96. The number of imidazole rings is 1. The van der Waals surface area contributed by atoms with Gasteiger partial charge in [-0.2, -0.15) is 0 Å². The fraction of sp³-hybridized carbons (Fsp3) is 0.500. The van der Waals surface area contributed by atoms with Crippen molar-refractivity contribution >= 4 is 16.9 Å². The van der Waals surface area contributed by atoms with E-state index >= 15 is 0 Å². The van der Waals surface area contributed by atoms with Gasteiger partial charge in [0, 0.05) is 6.54 Å². The number of aromatic amines is 1. The van der Waals surface area contributed by atoms with Gasteiger partial charge in [0.1, 0.15) is 5.52 Å². The topological polar surface area (TPSA) is 61.0 Å². The van der Waals surface area contributed by atoms with Crippen LogP contribution in [0, 0.1) is 0 Å². The van der Waals surface area contributed by atoms with Crippen LogP contribution in [0.4, 0.5) is 0 Å². The van der Waals surface area contributed by atoms with E-state index in [-0.39, 0.29) is 11.4 Å². The Morgan fingerprint density at radius 1 is 1.29 bits per heavy atom. The molecule has 2 fully saturated rings. The summed E-state index contributed by atoms with van der Waals surface area (Å²) in [6.45, 7) is 3.34. The van der Waals surface area contributed by atoms with E-state index < -0.39 is 0 Å². The van der Waals surface area contributed by atoms with Gasteiger partial charge in [0.15, 0.2) is 0 Å². The van der Waals surface area contributed by atoms with Crippen LogP contribution in [0.1, 0.15) is 36.0 Å². The molecule has 0 unspecified atom stereocenters. The third-order valence-corrected chi connectivity index (χ3v) is 4.86. The van der Waals surface area contributed by atoms with Gasteiger partial charge in [-0.15, -0.1) is 0 Å². The van der Waals surface area contributed by atoms with Gasteiger partial charge in [0.25, 0.3) is 5.91 Å². The van der Waals surface area contributed by atoms with Crippen LogP contribution >= 0.6 is 0 Å². The molecule has 21 heavy (non-hydrogen) atoms. The molecular weight excluding hydrogens is 264 g/mol. The highest BCUT2D eigenvalue weighted by molar-refractivity contribution is 6.05. The van der Waals surface area contributed by atoms with Crippen molar-refractivity contribution in [1.82, 2.24) is 20.2 Å². The number of hydrogen-bond donors (Lipinski definition) is 2. The molecule has 110 valence electrons. The predicted octanol–water partition coefficient (Wildman–Crippen LogP) is 1.92. The van der Waals surface area contributed by atoms with Gasteiger partial charge < -0.3 is 15.2 Å². The normalized spacial score (nSPS) is 28.5. The molecule has 0 atom stereocenters. The molecule has 2 aliphatic rings. The van der Waals surface area contributed by atoms with Gasteiger partial charge in [-0.05, 0) is 50.9 Å². The van der Waals surface area contributed by atoms with Crippen molar-refractivity contribution in [3.63, 3.8) is 0 Å². The second-order valence-corrected chi connectivity index (χ2v) is 6.32. The number of fused-ring (bicyclic) bond motifs is 3. The number of benzene rings is 1. The number of hydrogen-bond acceptors (Lipinski definition) is 3. The summed E-state index contributed by atoms with van der Waals surface area (Å²) in [5.41, 5.74) is 2.31. The Hall–Kier alpha value is -1.88. The number of aromatic nitrogens is 2. The fourth-order valence-corrected chi connectivity index (χ4v) is 3.88. The maximum atomic E-state index is 12.7. The third-order valence-electron chi connectivity index (χ3n) is 4.86. The molecule has 0 radical (unpaired) electrons. The average Bonchev–Trinajstić information content (AvgIpc) is 2.95. The number of rotatable bonds is 2. The maximum absolute atomic E-state index is 12.7. The van der Waals surface area contributed by atoms with Crippen molar-refractivity contribution in [2.45, 2.75) is 31.2 Å². The second kappa shape index (κ2) is 4.84. The zero-order chi connectivity index (χ0) is 14.3. The van der Waals surface area contributed by atoms with Crippen LogP contribution in [0.15, 0.2) is 24.5 Å². The van der Waals surface area contributed by atoms with E-state index in [0.29, 0.717) is 5.56 Å². The lowest BCUT2D eigenvalue weighted by Gasteiger charge is -2.47. The molecule has 4 rings (SSSR count). The minimum absolute atomic E-state index is 0.0106. The quantitative estimate of drug-likeness (QED) is 0.885. The van der Waals surface area contributed by atoms with Gasteiger partial charge in [-0.1, -0.05) is 6.07 Å². The fourth-order valence-electron chi connectivity index (χ4n) is 3.88. The van der Waals surface area contributed by atoms with Crippen molar-refractivity contribution in [2.24, 2.45) is 0 Å². The van der Waals surface area contributed by atoms with Crippen LogP contribution in [0.5, 0.6) is 0 Å². The lowest BCUT2D eigenvalue weighted by atomic mass is 9.81. The predicted molar refractivity (Wildman–Crippen MR) is 81.2 cm³/mol. The minimum atomic E-state index is -0.0357. The van der Waals surface area contributed by atoms with Crippen LogP contribution in [0.2, 0.25) is 0 Å². The number of nitrogens with zero attached hydrogens (tertiary/aromatic N) is 2. The van der Waals surface area contributed by atoms with E-state index in [1.807, 2.05) is 18.2 Å². The number of nitrogens with one attached hydrogen (secondary N) is 2. The van der Waals surface area contributed by atoms with E-state index in [9.17, 15) is 4.79 Å². The van der Waals surface area contributed by atoms with Crippen LogP contribution in [0.25, 0.3) is 11.0 Å². The van der Waals surface area contributed by atoms with Gasteiger partial charge in [0.2, 0.25) is 0 Å². The highest BCUT2D eigenvalue weighted by atomic mass is 16.1. The number of para-hydroxylation sites is 1. The Balaban J connectivity index is 1.62. The summed E-state index contributed by atoms with van der Waals surface area (Å²) in [6, 6.07) is 5.71. The zero-order valence-corrected chi connectivity index (χ0v) is 12.1. The molecule has 5 nitrogen and oxygen atoms in total. The summed E-state index contributed by atoms with van der Waals surface area (Å²) < 4.78 is 0. The Morgan fingerprint density at radius 3 is 2.90 bits per heavy atom. The molecule has 0 spiro atoms. The highest BCUT2D eigenvalue weighted by Crippen LogP contribution is 2.31. The molecule has 3 heterocycles. The molecular formula is C16H20N4O. The molecule has 1 aromatic heterocycles. The molecule has 5 heteroatoms. The lowest BCUT2D eigenvalue weighted by molar-refractivity contribution is 0.0587. The zero-order valence-electron chi connectivity index (χ0n) is 12.1. The third kappa shape index (κ3) is 2.21. The molecule has 1 amide bonds. The van der Waals surface area contributed by atoms with Gasteiger partial charge in [0.05, 0.1) is 22.9 Å². The molecule has 1 aromatic carbocycles. The van der Waals surface area contributed by atoms with Crippen molar-refractivity contribution in [1.29, 1.82) is 0 Å². The van der Waals surface area contributed by atoms with Crippen molar-refractivity contribution in [3.8, 4) is 0 Å². The van der Waals surface area contributed by atoms with E-state index in [2.05, 4.69) is 20.2 Å². The van der Waals surface area contributed by atoms with E-state index in [1.165, 1.54) is 25.9 Å². The van der Waals surface area contributed by atoms with Crippen LogP contribution in [-0.2, 0) is 0 Å². The molecule has 2 aliphatic heterocycles. The average molecular weight is 284 g/mol. The van der Waals surface area contributed by atoms with Crippen LogP contribution < -0.4 is 5.32 Å². The molecule has 2 N–H and O–H groups in total. The van der Waals surface area contributed by atoms with E-state index in [1.54, 1.807) is 6.33 Å². The summed E-state index contributed by atoms with van der Waals surface area (Å²) >= 11 is 0. The van der Waals surface area contributed by atoms with Crippen molar-refractivity contribution in [3.05, 3.63) is 30.1 Å². The number of carbonyl (C=O) groups excluding carboxylic acids is 1. The van der Waals surface area contributed by atoms with Gasteiger partial charge in [-0.3, -0.25) is 4.79 Å². The number of piperidine rings is 2. The first-order valence-electron chi connectivity index (χ1n) is 7.73. The first-order chi connectivity index (χ1) is 10.3.